The number of piperazine rings is 1. The second kappa shape index (κ2) is 8.85. The molecule has 7 nitrogen and oxygen atoms in total. The van der Waals surface area contributed by atoms with Gasteiger partial charge in [0.25, 0.3) is 11.8 Å². The van der Waals surface area contributed by atoms with E-state index in [-0.39, 0.29) is 37.3 Å². The van der Waals surface area contributed by atoms with Crippen molar-refractivity contribution in [3.8, 4) is 5.75 Å². The summed E-state index contributed by atoms with van der Waals surface area (Å²) in [6.07, 6.45) is -4.65. The van der Waals surface area contributed by atoms with Crippen molar-refractivity contribution in [3.05, 3.63) is 75.1 Å². The van der Waals surface area contributed by atoms with Gasteiger partial charge in [-0.25, -0.2) is 0 Å². The van der Waals surface area contributed by atoms with E-state index in [9.17, 15) is 27.6 Å². The quantitative estimate of drug-likeness (QED) is 0.632. The first-order valence-electron chi connectivity index (χ1n) is 10.6. The van der Waals surface area contributed by atoms with Gasteiger partial charge in [0.1, 0.15) is 11.4 Å². The van der Waals surface area contributed by atoms with Gasteiger partial charge in [0.2, 0.25) is 0 Å². The number of hydrogen-bond acceptors (Lipinski definition) is 4. The summed E-state index contributed by atoms with van der Waals surface area (Å²) >= 11 is 0. The van der Waals surface area contributed by atoms with E-state index in [0.717, 1.165) is 17.7 Å². The molecule has 0 radical (unpaired) electrons. The molecule has 0 aliphatic carbocycles. The maximum atomic E-state index is 13.3. The molecule has 1 aliphatic rings. The van der Waals surface area contributed by atoms with Gasteiger partial charge in [-0.1, -0.05) is 18.2 Å². The van der Waals surface area contributed by atoms with Crippen molar-refractivity contribution in [2.24, 2.45) is 0 Å². The highest BCUT2D eigenvalue weighted by Crippen LogP contribution is 2.32. The van der Waals surface area contributed by atoms with E-state index in [0.29, 0.717) is 16.7 Å². The van der Waals surface area contributed by atoms with Crippen LogP contribution in [0.2, 0.25) is 0 Å². The fraction of sp³-hybridized carbons (Fsp3) is 0.292. The average molecular weight is 473 g/mol. The zero-order chi connectivity index (χ0) is 24.6. The normalized spacial score (nSPS) is 14.4. The lowest BCUT2D eigenvalue weighted by molar-refractivity contribution is -0.138. The Morgan fingerprint density at radius 3 is 2.21 bits per heavy atom. The van der Waals surface area contributed by atoms with E-state index >= 15 is 0 Å². The Balaban J connectivity index is 1.53. The standard InChI is InChI=1S/C24H22F3N3O4/c1-14-7-8-19(34-2)21-20(14)18(31)13-17(28-21)23(33)30-11-9-29(10-12-30)22(32)15-5-3-4-6-16(15)24(25,26)27/h3-8,13H,9-12H2,1-2H3,(H,28,31). The summed E-state index contributed by atoms with van der Waals surface area (Å²) < 4.78 is 45.2. The third-order valence-corrected chi connectivity index (χ3v) is 5.92. The monoisotopic (exact) mass is 473 g/mol. The Labute approximate surface area is 192 Å². The SMILES string of the molecule is COc1ccc(C)c2c(=O)cc(C(=O)N3CCN(C(=O)c4ccccc4C(F)(F)F)CC3)[nH]c12. The molecule has 1 aromatic heterocycles. The van der Waals surface area contributed by atoms with Crippen LogP contribution >= 0.6 is 0 Å². The number of aromatic nitrogens is 1. The molecule has 2 aromatic carbocycles. The highest BCUT2D eigenvalue weighted by Gasteiger charge is 2.36. The van der Waals surface area contributed by atoms with Crippen LogP contribution in [0.25, 0.3) is 10.9 Å². The van der Waals surface area contributed by atoms with E-state index < -0.39 is 29.1 Å². The van der Waals surface area contributed by atoms with E-state index in [1.807, 2.05) is 0 Å². The summed E-state index contributed by atoms with van der Waals surface area (Å²) in [6, 6.07) is 9.33. The van der Waals surface area contributed by atoms with Crippen molar-refractivity contribution >= 4 is 22.7 Å². The number of rotatable bonds is 3. The van der Waals surface area contributed by atoms with Crippen LogP contribution in [-0.2, 0) is 6.18 Å². The van der Waals surface area contributed by atoms with E-state index in [2.05, 4.69) is 4.98 Å². The lowest BCUT2D eigenvalue weighted by Crippen LogP contribution is -2.51. The van der Waals surface area contributed by atoms with Crippen LogP contribution in [0.3, 0.4) is 0 Å². The molecule has 0 saturated carbocycles. The number of nitrogens with one attached hydrogen (secondary N) is 1. The molecule has 4 rings (SSSR count). The van der Waals surface area contributed by atoms with Gasteiger partial charge in [-0.3, -0.25) is 14.4 Å². The fourth-order valence-corrected chi connectivity index (χ4v) is 4.16. The second-order valence-corrected chi connectivity index (χ2v) is 8.01. The summed E-state index contributed by atoms with van der Waals surface area (Å²) in [7, 11) is 1.46. The molecule has 0 atom stereocenters. The first-order chi connectivity index (χ1) is 16.1. The molecular weight excluding hydrogens is 451 g/mol. The lowest BCUT2D eigenvalue weighted by Gasteiger charge is -2.35. The second-order valence-electron chi connectivity index (χ2n) is 8.01. The Bertz CT molecular complexity index is 1330. The third-order valence-electron chi connectivity index (χ3n) is 5.92. The lowest BCUT2D eigenvalue weighted by atomic mass is 10.1. The Morgan fingerprint density at radius 2 is 1.59 bits per heavy atom. The fourth-order valence-electron chi connectivity index (χ4n) is 4.16. The maximum absolute atomic E-state index is 13.3. The van der Waals surface area contributed by atoms with Gasteiger partial charge in [0.15, 0.2) is 5.43 Å². The van der Waals surface area contributed by atoms with Crippen molar-refractivity contribution in [3.63, 3.8) is 0 Å². The average Bonchev–Trinajstić information content (AvgIpc) is 2.82. The smallest absolute Gasteiger partial charge is 0.417 e. The number of ether oxygens (including phenoxy) is 1. The van der Waals surface area contributed by atoms with Crippen LogP contribution in [0.4, 0.5) is 13.2 Å². The van der Waals surface area contributed by atoms with Gasteiger partial charge >= 0.3 is 6.18 Å². The van der Waals surface area contributed by atoms with Crippen LogP contribution in [0.15, 0.2) is 47.3 Å². The highest BCUT2D eigenvalue weighted by atomic mass is 19.4. The van der Waals surface area contributed by atoms with Gasteiger partial charge in [0.05, 0.1) is 29.1 Å². The predicted octanol–water partition coefficient (Wildman–Crippen LogP) is 3.46. The van der Waals surface area contributed by atoms with Crippen LogP contribution in [-0.4, -0.2) is 59.9 Å². The molecular formula is C24H22F3N3O4. The van der Waals surface area contributed by atoms with Crippen molar-refractivity contribution in [2.75, 3.05) is 33.3 Å². The number of carbonyl (C=O) groups is 2. The Kier molecular flexibility index (Phi) is 6.07. The molecule has 2 amide bonds. The van der Waals surface area contributed by atoms with Gasteiger partial charge in [-0.05, 0) is 30.7 Å². The first kappa shape index (κ1) is 23.3. The summed E-state index contributed by atoms with van der Waals surface area (Å²) in [5.41, 5.74) is -0.513. The van der Waals surface area contributed by atoms with E-state index in [4.69, 9.17) is 4.74 Å². The molecule has 1 fully saturated rings. The number of nitrogens with zero attached hydrogens (tertiary/aromatic N) is 2. The van der Waals surface area contributed by atoms with Crippen LogP contribution in [0.5, 0.6) is 5.75 Å². The predicted molar refractivity (Wildman–Crippen MR) is 119 cm³/mol. The molecule has 1 saturated heterocycles. The Morgan fingerprint density at radius 1 is 0.971 bits per heavy atom. The number of hydrogen-bond donors (Lipinski definition) is 1. The number of benzene rings is 2. The summed E-state index contributed by atoms with van der Waals surface area (Å²) in [4.78, 5) is 44.3. The number of amides is 2. The molecule has 3 aromatic rings. The van der Waals surface area contributed by atoms with Crippen molar-refractivity contribution in [1.82, 2.24) is 14.8 Å². The maximum Gasteiger partial charge on any atom is 0.417 e. The number of H-pyrrole nitrogens is 1. The molecule has 178 valence electrons. The number of pyridine rings is 1. The third kappa shape index (κ3) is 4.23. The molecule has 10 heteroatoms. The molecule has 34 heavy (non-hydrogen) atoms. The zero-order valence-electron chi connectivity index (χ0n) is 18.5. The number of fused-ring (bicyclic) bond motifs is 1. The first-order valence-corrected chi connectivity index (χ1v) is 10.6. The van der Waals surface area contributed by atoms with E-state index in [1.54, 1.807) is 19.1 Å². The minimum Gasteiger partial charge on any atom is -0.495 e. The van der Waals surface area contributed by atoms with Gasteiger partial charge in [-0.2, -0.15) is 13.2 Å². The molecule has 2 heterocycles. The number of carbonyl (C=O) groups excluding carboxylic acids is 2. The van der Waals surface area contributed by atoms with Gasteiger partial charge < -0.3 is 19.5 Å². The number of aryl methyl sites for hydroxylation is 1. The highest BCUT2D eigenvalue weighted by molar-refractivity contribution is 5.98. The van der Waals surface area contributed by atoms with Crippen molar-refractivity contribution in [2.45, 2.75) is 13.1 Å². The number of alkyl halides is 3. The number of halogens is 3. The van der Waals surface area contributed by atoms with Crippen molar-refractivity contribution < 1.29 is 27.5 Å². The number of methoxy groups -OCH3 is 1. The summed E-state index contributed by atoms with van der Waals surface area (Å²) in [6.45, 7) is 2.15. The summed E-state index contributed by atoms with van der Waals surface area (Å²) in [5, 5.41) is 0.426. The van der Waals surface area contributed by atoms with Gasteiger partial charge in [0, 0.05) is 32.2 Å². The zero-order valence-corrected chi connectivity index (χ0v) is 18.5. The minimum absolute atomic E-state index is 0.0665. The molecule has 0 bridgehead atoms. The molecule has 1 aliphatic heterocycles. The molecule has 0 unspecified atom stereocenters. The van der Waals surface area contributed by atoms with Crippen molar-refractivity contribution in [1.29, 1.82) is 0 Å². The number of aromatic amines is 1. The largest absolute Gasteiger partial charge is 0.495 e. The molecule has 1 N–H and O–H groups in total. The summed E-state index contributed by atoms with van der Waals surface area (Å²) in [5.74, 6) is -0.754. The van der Waals surface area contributed by atoms with Gasteiger partial charge in [-0.15, -0.1) is 0 Å². The van der Waals surface area contributed by atoms with Crippen LogP contribution < -0.4 is 10.2 Å². The molecule has 0 spiro atoms. The topological polar surface area (TPSA) is 82.7 Å². The van der Waals surface area contributed by atoms with Crippen LogP contribution in [0.1, 0.15) is 32.0 Å². The van der Waals surface area contributed by atoms with Crippen LogP contribution in [0, 0.1) is 6.92 Å². The Hall–Kier alpha value is -3.82. The minimum atomic E-state index is -4.65. The van der Waals surface area contributed by atoms with E-state index in [1.165, 1.54) is 35.1 Å².